The van der Waals surface area contributed by atoms with E-state index in [0.29, 0.717) is 11.4 Å². The van der Waals surface area contributed by atoms with Gasteiger partial charge in [0, 0.05) is 0 Å². The van der Waals surface area contributed by atoms with Gasteiger partial charge in [-0.1, -0.05) is 42.5 Å². The van der Waals surface area contributed by atoms with Crippen molar-refractivity contribution in [3.63, 3.8) is 0 Å². The number of rotatable bonds is 6. The molecule has 25 heavy (non-hydrogen) atoms. The van der Waals surface area contributed by atoms with E-state index < -0.39 is 15.9 Å². The normalized spacial score (nSPS) is 11.9. The van der Waals surface area contributed by atoms with E-state index in [1.165, 1.54) is 0 Å². The summed E-state index contributed by atoms with van der Waals surface area (Å²) in [7, 11) is -3.60. The first kappa shape index (κ1) is 18.7. The van der Waals surface area contributed by atoms with Gasteiger partial charge >= 0.3 is 0 Å². The minimum Gasteiger partial charge on any atom is -0.271 e. The van der Waals surface area contributed by atoms with Crippen LogP contribution in [0.4, 0.5) is 5.69 Å². The maximum atomic E-state index is 12.2. The maximum Gasteiger partial charge on any atom is 0.260 e. The van der Waals surface area contributed by atoms with E-state index in [-0.39, 0.29) is 6.54 Å². The second-order valence-electron chi connectivity index (χ2n) is 5.71. The molecule has 0 aliphatic carbocycles. The van der Waals surface area contributed by atoms with Gasteiger partial charge in [-0.05, 0) is 37.1 Å². The molecule has 0 aliphatic rings. The summed E-state index contributed by atoms with van der Waals surface area (Å²) in [4.78, 5) is 12.2. The number of anilines is 1. The number of benzene rings is 2. The molecule has 0 aliphatic heterocycles. The first-order chi connectivity index (χ1) is 11.8. The largest absolute Gasteiger partial charge is 0.271 e. The SMILES string of the molecule is C/C(=N/NC(=O)CN(c1cccc(C)c1)S(C)(=O)=O)c1ccccc1. The Hall–Kier alpha value is -2.67. The summed E-state index contributed by atoms with van der Waals surface area (Å²) in [5.74, 6) is -0.512. The second kappa shape index (κ2) is 7.94. The van der Waals surface area contributed by atoms with Crippen LogP contribution in [0.3, 0.4) is 0 Å². The van der Waals surface area contributed by atoms with Crippen molar-refractivity contribution in [3.8, 4) is 0 Å². The minimum absolute atomic E-state index is 0.339. The van der Waals surface area contributed by atoms with Gasteiger partial charge in [-0.25, -0.2) is 13.8 Å². The Morgan fingerprint density at radius 2 is 1.80 bits per heavy atom. The molecule has 0 heterocycles. The lowest BCUT2D eigenvalue weighted by molar-refractivity contribution is -0.119. The van der Waals surface area contributed by atoms with Crippen LogP contribution in [0.1, 0.15) is 18.1 Å². The average molecular weight is 359 g/mol. The third-order valence-corrected chi connectivity index (χ3v) is 4.66. The maximum absolute atomic E-state index is 12.2. The van der Waals surface area contributed by atoms with Crippen LogP contribution in [0, 0.1) is 6.92 Å². The van der Waals surface area contributed by atoms with E-state index in [4.69, 9.17) is 0 Å². The molecule has 0 saturated carbocycles. The quantitative estimate of drug-likeness (QED) is 0.635. The van der Waals surface area contributed by atoms with Crippen LogP contribution in [-0.2, 0) is 14.8 Å². The molecule has 0 saturated heterocycles. The van der Waals surface area contributed by atoms with E-state index in [1.54, 1.807) is 25.1 Å². The Bertz CT molecular complexity index is 877. The van der Waals surface area contributed by atoms with Crippen LogP contribution in [0.25, 0.3) is 0 Å². The number of hydrogen-bond donors (Lipinski definition) is 1. The van der Waals surface area contributed by atoms with E-state index in [1.807, 2.05) is 43.3 Å². The molecule has 0 unspecified atom stereocenters. The summed E-state index contributed by atoms with van der Waals surface area (Å²) in [5.41, 5.74) is 5.27. The van der Waals surface area contributed by atoms with Crippen molar-refractivity contribution in [1.82, 2.24) is 5.43 Å². The van der Waals surface area contributed by atoms with Crippen LogP contribution in [0.15, 0.2) is 59.7 Å². The summed E-state index contributed by atoms with van der Waals surface area (Å²) in [6.45, 7) is 3.29. The number of sulfonamides is 1. The molecule has 132 valence electrons. The van der Waals surface area contributed by atoms with Gasteiger partial charge in [-0.2, -0.15) is 5.10 Å². The number of hydrazone groups is 1. The number of carbonyl (C=O) groups is 1. The van der Waals surface area contributed by atoms with Crippen molar-refractivity contribution in [2.24, 2.45) is 5.10 Å². The Morgan fingerprint density at radius 1 is 1.12 bits per heavy atom. The fraction of sp³-hybridized carbons (Fsp3) is 0.222. The zero-order chi connectivity index (χ0) is 18.4. The van der Waals surface area contributed by atoms with Crippen molar-refractivity contribution < 1.29 is 13.2 Å². The van der Waals surface area contributed by atoms with Gasteiger partial charge in [-0.15, -0.1) is 0 Å². The molecular weight excluding hydrogens is 338 g/mol. The third-order valence-electron chi connectivity index (χ3n) is 3.52. The molecule has 0 atom stereocenters. The number of nitrogens with one attached hydrogen (secondary N) is 1. The molecule has 0 radical (unpaired) electrons. The Morgan fingerprint density at radius 3 is 2.40 bits per heavy atom. The smallest absolute Gasteiger partial charge is 0.260 e. The molecule has 2 aromatic carbocycles. The van der Waals surface area contributed by atoms with Crippen LogP contribution >= 0.6 is 0 Å². The number of carbonyl (C=O) groups excluding carboxylic acids is 1. The molecule has 2 aromatic rings. The summed E-state index contributed by atoms with van der Waals surface area (Å²) in [6.07, 6.45) is 1.07. The summed E-state index contributed by atoms with van der Waals surface area (Å²) < 4.78 is 25.2. The number of aryl methyl sites for hydroxylation is 1. The van der Waals surface area contributed by atoms with Gasteiger partial charge in [-0.3, -0.25) is 9.10 Å². The first-order valence-corrected chi connectivity index (χ1v) is 9.55. The van der Waals surface area contributed by atoms with E-state index in [2.05, 4.69) is 10.5 Å². The van der Waals surface area contributed by atoms with Crippen LogP contribution in [-0.4, -0.2) is 32.8 Å². The van der Waals surface area contributed by atoms with Gasteiger partial charge < -0.3 is 0 Å². The van der Waals surface area contributed by atoms with Crippen molar-refractivity contribution in [2.75, 3.05) is 17.1 Å². The van der Waals surface area contributed by atoms with Crippen LogP contribution in [0.2, 0.25) is 0 Å². The Kier molecular flexibility index (Phi) is 5.93. The highest BCUT2D eigenvalue weighted by molar-refractivity contribution is 7.92. The summed E-state index contributed by atoms with van der Waals surface area (Å²) in [6, 6.07) is 16.4. The monoisotopic (exact) mass is 359 g/mol. The Labute approximate surface area is 148 Å². The lowest BCUT2D eigenvalue weighted by Gasteiger charge is -2.21. The van der Waals surface area contributed by atoms with Gasteiger partial charge in [0.25, 0.3) is 5.91 Å². The average Bonchev–Trinajstić information content (AvgIpc) is 2.57. The fourth-order valence-electron chi connectivity index (χ4n) is 2.24. The summed E-state index contributed by atoms with van der Waals surface area (Å²) >= 11 is 0. The van der Waals surface area contributed by atoms with Crippen LogP contribution in [0.5, 0.6) is 0 Å². The van der Waals surface area contributed by atoms with Crippen LogP contribution < -0.4 is 9.73 Å². The standard InChI is InChI=1S/C18H21N3O3S/c1-14-8-7-11-17(12-14)21(25(3,23)24)13-18(22)20-19-15(2)16-9-5-4-6-10-16/h4-12H,13H2,1-3H3,(H,20,22)/b19-15-. The topological polar surface area (TPSA) is 78.8 Å². The lowest BCUT2D eigenvalue weighted by Crippen LogP contribution is -2.39. The highest BCUT2D eigenvalue weighted by Crippen LogP contribution is 2.18. The molecule has 1 N–H and O–H groups in total. The van der Waals surface area contributed by atoms with Gasteiger partial charge in [0.2, 0.25) is 10.0 Å². The number of nitrogens with zero attached hydrogens (tertiary/aromatic N) is 2. The Balaban J connectivity index is 2.13. The zero-order valence-electron chi connectivity index (χ0n) is 14.4. The number of hydrogen-bond acceptors (Lipinski definition) is 4. The van der Waals surface area contributed by atoms with Crippen molar-refractivity contribution in [1.29, 1.82) is 0 Å². The molecule has 2 rings (SSSR count). The van der Waals surface area contributed by atoms with Crippen molar-refractivity contribution in [2.45, 2.75) is 13.8 Å². The minimum atomic E-state index is -3.60. The van der Waals surface area contributed by atoms with Crippen molar-refractivity contribution in [3.05, 3.63) is 65.7 Å². The molecule has 0 bridgehead atoms. The first-order valence-electron chi connectivity index (χ1n) is 7.70. The van der Waals surface area contributed by atoms with Gasteiger partial charge in [0.15, 0.2) is 0 Å². The molecule has 7 heteroatoms. The molecular formula is C18H21N3O3S. The van der Waals surface area contributed by atoms with E-state index in [9.17, 15) is 13.2 Å². The van der Waals surface area contributed by atoms with E-state index in [0.717, 1.165) is 21.7 Å². The molecule has 0 fully saturated rings. The molecule has 6 nitrogen and oxygen atoms in total. The molecule has 1 amide bonds. The van der Waals surface area contributed by atoms with Gasteiger partial charge in [0.05, 0.1) is 17.7 Å². The lowest BCUT2D eigenvalue weighted by atomic mass is 10.1. The predicted octanol–water partition coefficient (Wildman–Crippen LogP) is 2.30. The third kappa shape index (κ3) is 5.42. The van der Waals surface area contributed by atoms with Crippen molar-refractivity contribution >= 4 is 27.3 Å². The highest BCUT2D eigenvalue weighted by atomic mass is 32.2. The predicted molar refractivity (Wildman–Crippen MR) is 100 cm³/mol. The fourth-order valence-corrected chi connectivity index (χ4v) is 3.09. The second-order valence-corrected chi connectivity index (χ2v) is 7.61. The number of amides is 1. The van der Waals surface area contributed by atoms with E-state index >= 15 is 0 Å². The molecule has 0 spiro atoms. The summed E-state index contributed by atoms with van der Waals surface area (Å²) in [5, 5.41) is 4.04. The molecule has 0 aromatic heterocycles. The zero-order valence-corrected chi connectivity index (χ0v) is 15.2. The highest BCUT2D eigenvalue weighted by Gasteiger charge is 2.20. The van der Waals surface area contributed by atoms with Gasteiger partial charge in [0.1, 0.15) is 6.54 Å².